The van der Waals surface area contributed by atoms with Crippen molar-refractivity contribution in [1.82, 2.24) is 9.80 Å². The highest BCUT2D eigenvalue weighted by Gasteiger charge is 2.32. The number of nitrogens with one attached hydrogen (secondary N) is 1. The van der Waals surface area contributed by atoms with E-state index in [1.54, 1.807) is 55.5 Å². The molecule has 2 aliphatic heterocycles. The number of rotatable bonds is 5. The first-order chi connectivity index (χ1) is 18.3. The molecule has 1 aliphatic carbocycles. The molecule has 1 N–H and O–H groups in total. The van der Waals surface area contributed by atoms with Gasteiger partial charge in [-0.05, 0) is 68.0 Å². The molecular weight excluding hydrogens is 486 g/mol. The monoisotopic (exact) mass is 523 g/mol. The zero-order chi connectivity index (χ0) is 26.8. The molecule has 38 heavy (non-hydrogen) atoms. The summed E-state index contributed by atoms with van der Waals surface area (Å²) in [4.78, 5) is 30.7. The first-order valence-corrected chi connectivity index (χ1v) is 13.3. The van der Waals surface area contributed by atoms with Gasteiger partial charge in [-0.1, -0.05) is 6.92 Å². The Hall–Kier alpha value is -3.30. The van der Waals surface area contributed by atoms with Gasteiger partial charge in [0.05, 0.1) is 11.7 Å². The summed E-state index contributed by atoms with van der Waals surface area (Å²) in [5.74, 6) is 2.15. The minimum Gasteiger partial charge on any atom is -0.491 e. The molecule has 3 aliphatic rings. The van der Waals surface area contributed by atoms with Crippen molar-refractivity contribution in [2.24, 2.45) is 11.8 Å². The summed E-state index contributed by atoms with van der Waals surface area (Å²) in [6.45, 7) is 7.36. The number of benzene rings is 2. The van der Waals surface area contributed by atoms with Gasteiger partial charge in [0.1, 0.15) is 12.4 Å². The van der Waals surface area contributed by atoms with Crippen molar-refractivity contribution in [3.8, 4) is 17.2 Å². The molecule has 1 saturated carbocycles. The Bertz CT molecular complexity index is 1180. The van der Waals surface area contributed by atoms with Crippen LogP contribution in [0.5, 0.6) is 17.2 Å². The van der Waals surface area contributed by atoms with Gasteiger partial charge in [-0.25, -0.2) is 0 Å². The standard InChI is InChI=1S/C29H37N3O6/c1-18-13-32(14-20-5-6-20)19(2)16-36-24-10-8-22(12-23(24)29(34)31(3)15-27(18)35-4)30-28(33)21-7-9-25-26(11-21)38-17-37-25/h7-12,18-20,27H,5-6,13-17H2,1-4H3,(H,30,33)/t18-,19-,27+/m1/s1. The average Bonchev–Trinajstić information content (AvgIpc) is 3.61. The van der Waals surface area contributed by atoms with E-state index in [9.17, 15) is 9.59 Å². The van der Waals surface area contributed by atoms with Crippen LogP contribution < -0.4 is 19.5 Å². The van der Waals surface area contributed by atoms with Crippen LogP contribution in [0.2, 0.25) is 0 Å². The summed E-state index contributed by atoms with van der Waals surface area (Å²) in [6, 6.07) is 10.4. The van der Waals surface area contributed by atoms with Crippen LogP contribution >= 0.6 is 0 Å². The number of hydrogen-bond donors (Lipinski definition) is 1. The molecule has 0 radical (unpaired) electrons. The Morgan fingerprint density at radius 3 is 2.55 bits per heavy atom. The predicted molar refractivity (Wildman–Crippen MR) is 143 cm³/mol. The Balaban J connectivity index is 1.39. The Kier molecular flexibility index (Phi) is 7.76. The Morgan fingerprint density at radius 2 is 1.79 bits per heavy atom. The van der Waals surface area contributed by atoms with Gasteiger partial charge in [-0.2, -0.15) is 0 Å². The van der Waals surface area contributed by atoms with Crippen molar-refractivity contribution in [2.75, 3.05) is 52.5 Å². The van der Waals surface area contributed by atoms with Gasteiger partial charge in [0, 0.05) is 51.1 Å². The quantitative estimate of drug-likeness (QED) is 0.636. The van der Waals surface area contributed by atoms with Gasteiger partial charge < -0.3 is 29.2 Å². The van der Waals surface area contributed by atoms with Crippen LogP contribution in [0.3, 0.4) is 0 Å². The van der Waals surface area contributed by atoms with Gasteiger partial charge in [-0.3, -0.25) is 14.5 Å². The number of carbonyl (C=O) groups excluding carboxylic acids is 2. The van der Waals surface area contributed by atoms with Crippen LogP contribution in [0, 0.1) is 11.8 Å². The molecule has 0 saturated heterocycles. The van der Waals surface area contributed by atoms with Crippen molar-refractivity contribution in [1.29, 1.82) is 0 Å². The molecule has 2 aromatic carbocycles. The molecule has 2 aromatic rings. The number of amides is 2. The van der Waals surface area contributed by atoms with Crippen molar-refractivity contribution >= 4 is 17.5 Å². The SMILES string of the molecule is CO[C@H]1CN(C)C(=O)c2cc(NC(=O)c3ccc4c(c3)OCO4)ccc2OC[C@@H](C)N(CC2CC2)C[C@H]1C. The fraction of sp³-hybridized carbons (Fsp3) is 0.517. The average molecular weight is 524 g/mol. The van der Waals surface area contributed by atoms with Gasteiger partial charge in [-0.15, -0.1) is 0 Å². The summed E-state index contributed by atoms with van der Waals surface area (Å²) < 4.78 is 22.8. The third-order valence-corrected chi connectivity index (χ3v) is 7.66. The second-order valence-electron chi connectivity index (χ2n) is 10.7. The fourth-order valence-electron chi connectivity index (χ4n) is 5.06. The van der Waals surface area contributed by atoms with Crippen LogP contribution in [-0.4, -0.2) is 81.0 Å². The van der Waals surface area contributed by atoms with Crippen molar-refractivity contribution in [3.63, 3.8) is 0 Å². The summed E-state index contributed by atoms with van der Waals surface area (Å²) >= 11 is 0. The van der Waals surface area contributed by atoms with E-state index >= 15 is 0 Å². The topological polar surface area (TPSA) is 89.6 Å². The molecule has 3 atom stereocenters. The first-order valence-electron chi connectivity index (χ1n) is 13.3. The maximum atomic E-state index is 13.6. The molecule has 204 valence electrons. The molecule has 9 nitrogen and oxygen atoms in total. The lowest BCUT2D eigenvalue weighted by Crippen LogP contribution is -2.47. The highest BCUT2D eigenvalue weighted by Crippen LogP contribution is 2.34. The van der Waals surface area contributed by atoms with Crippen LogP contribution in [0.25, 0.3) is 0 Å². The number of ether oxygens (including phenoxy) is 4. The van der Waals surface area contributed by atoms with E-state index in [1.165, 1.54) is 12.8 Å². The zero-order valence-electron chi connectivity index (χ0n) is 22.6. The number of nitrogens with zero attached hydrogens (tertiary/aromatic N) is 2. The Labute approximate surface area is 224 Å². The zero-order valence-corrected chi connectivity index (χ0v) is 22.6. The van der Waals surface area contributed by atoms with E-state index < -0.39 is 0 Å². The van der Waals surface area contributed by atoms with Crippen LogP contribution in [0.15, 0.2) is 36.4 Å². The number of anilines is 1. The highest BCUT2D eigenvalue weighted by molar-refractivity contribution is 6.06. The van der Waals surface area contributed by atoms with Gasteiger partial charge in [0.2, 0.25) is 6.79 Å². The van der Waals surface area contributed by atoms with Gasteiger partial charge in [0.15, 0.2) is 11.5 Å². The number of methoxy groups -OCH3 is 1. The Morgan fingerprint density at radius 1 is 1.03 bits per heavy atom. The molecule has 0 spiro atoms. The number of likely N-dealkylation sites (N-methyl/N-ethyl adjacent to an activating group) is 1. The molecule has 2 amide bonds. The van der Waals surface area contributed by atoms with E-state index in [2.05, 4.69) is 24.1 Å². The normalized spacial score (nSPS) is 24.2. The fourth-order valence-corrected chi connectivity index (χ4v) is 5.06. The lowest BCUT2D eigenvalue weighted by Gasteiger charge is -2.36. The van der Waals surface area contributed by atoms with Crippen molar-refractivity contribution in [3.05, 3.63) is 47.5 Å². The van der Waals surface area contributed by atoms with Crippen molar-refractivity contribution < 1.29 is 28.5 Å². The largest absolute Gasteiger partial charge is 0.491 e. The number of fused-ring (bicyclic) bond motifs is 2. The highest BCUT2D eigenvalue weighted by atomic mass is 16.7. The summed E-state index contributed by atoms with van der Waals surface area (Å²) in [5, 5.41) is 2.90. The molecule has 0 unspecified atom stereocenters. The maximum Gasteiger partial charge on any atom is 0.257 e. The van der Waals surface area contributed by atoms with E-state index in [-0.39, 0.29) is 36.7 Å². The maximum absolute atomic E-state index is 13.6. The second-order valence-corrected chi connectivity index (χ2v) is 10.7. The minimum absolute atomic E-state index is 0.101. The second kappa shape index (κ2) is 11.2. The van der Waals surface area contributed by atoms with E-state index in [4.69, 9.17) is 18.9 Å². The van der Waals surface area contributed by atoms with E-state index in [1.807, 2.05) is 0 Å². The molecule has 2 heterocycles. The number of carbonyl (C=O) groups is 2. The smallest absolute Gasteiger partial charge is 0.257 e. The van der Waals surface area contributed by atoms with Crippen LogP contribution in [0.1, 0.15) is 47.4 Å². The van der Waals surface area contributed by atoms with Gasteiger partial charge in [0.25, 0.3) is 11.8 Å². The lowest BCUT2D eigenvalue weighted by atomic mass is 10.0. The van der Waals surface area contributed by atoms with Crippen LogP contribution in [0.4, 0.5) is 5.69 Å². The molecular formula is C29H37N3O6. The summed E-state index contributed by atoms with van der Waals surface area (Å²) in [5.41, 5.74) is 1.34. The third-order valence-electron chi connectivity index (χ3n) is 7.66. The van der Waals surface area contributed by atoms with Crippen molar-refractivity contribution in [2.45, 2.75) is 38.8 Å². The lowest BCUT2D eigenvalue weighted by molar-refractivity contribution is 0.00994. The molecule has 0 bridgehead atoms. The molecule has 0 aromatic heterocycles. The minimum atomic E-state index is -0.310. The van der Waals surface area contributed by atoms with E-state index in [0.29, 0.717) is 47.2 Å². The molecule has 5 rings (SSSR count). The molecule has 1 fully saturated rings. The van der Waals surface area contributed by atoms with E-state index in [0.717, 1.165) is 19.0 Å². The third kappa shape index (κ3) is 5.89. The molecule has 9 heteroatoms. The number of hydrogen-bond acceptors (Lipinski definition) is 7. The summed E-state index contributed by atoms with van der Waals surface area (Å²) in [7, 11) is 3.49. The summed E-state index contributed by atoms with van der Waals surface area (Å²) in [6.07, 6.45) is 2.47. The van der Waals surface area contributed by atoms with Gasteiger partial charge >= 0.3 is 0 Å². The first kappa shape index (κ1) is 26.3. The van der Waals surface area contributed by atoms with Crippen LogP contribution in [-0.2, 0) is 4.74 Å². The predicted octanol–water partition coefficient (Wildman–Crippen LogP) is 3.88.